The molecule has 2 aromatic carbocycles. The van der Waals surface area contributed by atoms with E-state index in [0.717, 1.165) is 24.3 Å². The van der Waals surface area contributed by atoms with Crippen molar-refractivity contribution in [1.82, 2.24) is 4.72 Å². The topological polar surface area (TPSA) is 127 Å². The molecular formula is C24H22F5NO7S2. The highest BCUT2D eigenvalue weighted by Crippen LogP contribution is 2.59. The van der Waals surface area contributed by atoms with E-state index >= 15 is 4.39 Å². The van der Waals surface area contributed by atoms with Gasteiger partial charge >= 0.3 is 12.1 Å². The van der Waals surface area contributed by atoms with Gasteiger partial charge in [0.2, 0.25) is 10.0 Å². The van der Waals surface area contributed by atoms with Crippen molar-refractivity contribution in [2.45, 2.75) is 52.8 Å². The fourth-order valence-corrected chi connectivity index (χ4v) is 10.5. The van der Waals surface area contributed by atoms with Crippen LogP contribution in [0.3, 0.4) is 0 Å². The number of aliphatic carboxylic acids is 1. The molecule has 5 rings (SSSR count). The summed E-state index contributed by atoms with van der Waals surface area (Å²) in [5.74, 6) is -6.25. The number of halogens is 5. The van der Waals surface area contributed by atoms with Gasteiger partial charge in [0.15, 0.2) is 21.4 Å². The molecule has 0 unspecified atom stereocenters. The van der Waals surface area contributed by atoms with Gasteiger partial charge < -0.3 is 9.84 Å². The Kier molecular flexibility index (Phi) is 6.50. The van der Waals surface area contributed by atoms with Crippen LogP contribution in [0.2, 0.25) is 0 Å². The highest BCUT2D eigenvalue weighted by atomic mass is 32.2. The molecule has 1 saturated heterocycles. The Balaban J connectivity index is 1.70. The lowest BCUT2D eigenvalue weighted by Crippen LogP contribution is -2.64. The number of hydrogen-bond donors (Lipinski definition) is 2. The molecule has 2 aliphatic heterocycles. The highest BCUT2D eigenvalue weighted by Gasteiger charge is 2.64. The minimum absolute atomic E-state index is 0.143. The van der Waals surface area contributed by atoms with Gasteiger partial charge in [0.1, 0.15) is 10.6 Å². The summed E-state index contributed by atoms with van der Waals surface area (Å²) >= 11 is 0. The summed E-state index contributed by atoms with van der Waals surface area (Å²) in [5.41, 5.74) is -1.72. The smallest absolute Gasteiger partial charge is 0.416 e. The third-order valence-electron chi connectivity index (χ3n) is 8.01. The molecule has 0 radical (unpaired) electrons. The van der Waals surface area contributed by atoms with Crippen LogP contribution in [-0.4, -0.2) is 45.8 Å². The van der Waals surface area contributed by atoms with Crippen LogP contribution in [0.4, 0.5) is 22.0 Å². The number of carbonyl (C=O) groups is 1. The quantitative estimate of drug-likeness (QED) is 0.518. The molecule has 0 amide bonds. The lowest BCUT2D eigenvalue weighted by Gasteiger charge is -2.54. The zero-order chi connectivity index (χ0) is 28.5. The first-order valence-electron chi connectivity index (χ1n) is 11.9. The van der Waals surface area contributed by atoms with Crippen LogP contribution in [0.1, 0.15) is 36.8 Å². The van der Waals surface area contributed by atoms with Gasteiger partial charge in [-0.3, -0.25) is 4.79 Å². The van der Waals surface area contributed by atoms with Gasteiger partial charge in [0.05, 0.1) is 34.3 Å². The maximum atomic E-state index is 15.5. The summed E-state index contributed by atoms with van der Waals surface area (Å²) in [7, 11) is -8.86. The Labute approximate surface area is 220 Å². The van der Waals surface area contributed by atoms with E-state index in [4.69, 9.17) is 4.74 Å². The summed E-state index contributed by atoms with van der Waals surface area (Å²) in [6.07, 6.45) is -6.36. The molecule has 5 atom stereocenters. The van der Waals surface area contributed by atoms with Crippen molar-refractivity contribution in [2.75, 3.05) is 6.61 Å². The number of hydrogen-bond acceptors (Lipinski definition) is 6. The molecule has 2 heterocycles. The van der Waals surface area contributed by atoms with Crippen molar-refractivity contribution >= 4 is 25.8 Å². The summed E-state index contributed by atoms with van der Waals surface area (Å²) in [6.45, 7) is -0.476. The van der Waals surface area contributed by atoms with E-state index in [1.54, 1.807) is 0 Å². The first-order chi connectivity index (χ1) is 18.1. The highest BCUT2D eigenvalue weighted by molar-refractivity contribution is 7.92. The zero-order valence-electron chi connectivity index (χ0n) is 19.9. The molecule has 3 aliphatic rings. The molecule has 1 aliphatic carbocycles. The second-order valence-electron chi connectivity index (χ2n) is 9.99. The lowest BCUT2D eigenvalue weighted by molar-refractivity contribution is -0.138. The minimum atomic E-state index is -4.77. The standard InChI is InChI=1S/C24H22F5NO7S2/c25-17-5-6-18(26)22-21(17)23(38(33,34)13-3-1-12(2-4-13)24(27,28)29)8-7-19-15(16(23)11-37-22)9-14(10-20(31)32)39(35,36)30-19/h1-6,14-16,19,30H,7-11H2,(H,31,32)/t14-,15-,16-,19+,23-/m0/s1. The van der Waals surface area contributed by atoms with Crippen LogP contribution in [0.25, 0.3) is 0 Å². The number of benzene rings is 2. The molecule has 1 saturated carbocycles. The summed E-state index contributed by atoms with van der Waals surface area (Å²) < 4.78 is 130. The SMILES string of the molecule is O=C(O)C[C@@H]1C[C@@H]2[C@@H](CC[C@@]3(S(=O)(=O)c4ccc(C(F)(F)F)cc4)c4c(F)ccc(F)c4OC[C@@H]23)NS1(=O)=O. The second kappa shape index (κ2) is 9.13. The third kappa shape index (κ3) is 4.29. The molecule has 0 aromatic heterocycles. The van der Waals surface area contributed by atoms with E-state index < -0.39 is 113 Å². The van der Waals surface area contributed by atoms with Gasteiger partial charge in [0.25, 0.3) is 0 Å². The van der Waals surface area contributed by atoms with E-state index in [0.29, 0.717) is 12.1 Å². The van der Waals surface area contributed by atoms with Gasteiger partial charge in [-0.2, -0.15) is 13.2 Å². The predicted octanol–water partition coefficient (Wildman–Crippen LogP) is 3.61. The molecule has 0 spiro atoms. The number of sulfone groups is 1. The fraction of sp³-hybridized carbons (Fsp3) is 0.458. The van der Waals surface area contributed by atoms with E-state index in [1.165, 1.54) is 0 Å². The zero-order valence-corrected chi connectivity index (χ0v) is 21.5. The maximum absolute atomic E-state index is 15.5. The number of carboxylic acids is 1. The lowest BCUT2D eigenvalue weighted by atomic mass is 9.64. The number of ether oxygens (including phenoxy) is 1. The molecule has 212 valence electrons. The normalized spacial score (nSPS) is 29.9. The second-order valence-corrected chi connectivity index (χ2v) is 14.2. The van der Waals surface area contributed by atoms with E-state index in [2.05, 4.69) is 4.72 Å². The Bertz CT molecular complexity index is 1540. The average Bonchev–Trinajstić information content (AvgIpc) is 2.85. The number of fused-ring (bicyclic) bond motifs is 5. The van der Waals surface area contributed by atoms with Gasteiger partial charge in [-0.25, -0.2) is 30.3 Å². The molecule has 0 bridgehead atoms. The predicted molar refractivity (Wildman–Crippen MR) is 125 cm³/mol. The monoisotopic (exact) mass is 595 g/mol. The van der Waals surface area contributed by atoms with Crippen molar-refractivity contribution in [1.29, 1.82) is 0 Å². The van der Waals surface area contributed by atoms with Crippen LogP contribution in [0.15, 0.2) is 41.3 Å². The number of sulfonamides is 1. The van der Waals surface area contributed by atoms with Crippen molar-refractivity contribution < 1.29 is 53.4 Å². The molecule has 8 nitrogen and oxygen atoms in total. The number of carboxylic acid groups (broad SMARTS) is 1. The van der Waals surface area contributed by atoms with Gasteiger partial charge in [0, 0.05) is 12.0 Å². The molecule has 15 heteroatoms. The van der Waals surface area contributed by atoms with E-state index in [-0.39, 0.29) is 12.8 Å². The van der Waals surface area contributed by atoms with E-state index in [1.807, 2.05) is 0 Å². The minimum Gasteiger partial charge on any atom is -0.490 e. The van der Waals surface area contributed by atoms with Crippen molar-refractivity contribution in [3.05, 3.63) is 59.2 Å². The van der Waals surface area contributed by atoms with Crippen molar-refractivity contribution in [3.8, 4) is 5.75 Å². The third-order valence-corrected chi connectivity index (χ3v) is 12.4. The molecule has 2 aromatic rings. The number of alkyl halides is 3. The van der Waals surface area contributed by atoms with Gasteiger partial charge in [-0.15, -0.1) is 0 Å². The van der Waals surface area contributed by atoms with Crippen LogP contribution >= 0.6 is 0 Å². The van der Waals surface area contributed by atoms with Crippen LogP contribution in [0, 0.1) is 23.5 Å². The van der Waals surface area contributed by atoms with Gasteiger partial charge in [-0.1, -0.05) is 0 Å². The molecule has 2 fully saturated rings. The van der Waals surface area contributed by atoms with Gasteiger partial charge in [-0.05, 0) is 61.6 Å². The van der Waals surface area contributed by atoms with Crippen molar-refractivity contribution in [2.24, 2.45) is 11.8 Å². The Morgan fingerprint density at radius 3 is 2.36 bits per heavy atom. The number of nitrogens with one attached hydrogen (secondary N) is 1. The summed E-state index contributed by atoms with van der Waals surface area (Å²) in [4.78, 5) is 10.8. The number of rotatable bonds is 4. The Morgan fingerprint density at radius 1 is 1.10 bits per heavy atom. The summed E-state index contributed by atoms with van der Waals surface area (Å²) in [6, 6.07) is 3.29. The van der Waals surface area contributed by atoms with Crippen molar-refractivity contribution in [3.63, 3.8) is 0 Å². The molecule has 2 N–H and O–H groups in total. The average molecular weight is 596 g/mol. The first kappa shape index (κ1) is 27.8. The van der Waals surface area contributed by atoms with Crippen LogP contribution in [-0.2, 0) is 35.6 Å². The Morgan fingerprint density at radius 2 is 1.74 bits per heavy atom. The Hall–Kier alpha value is -2.78. The first-order valence-corrected chi connectivity index (χ1v) is 14.9. The largest absolute Gasteiger partial charge is 0.490 e. The molecule has 39 heavy (non-hydrogen) atoms. The maximum Gasteiger partial charge on any atom is 0.416 e. The van der Waals surface area contributed by atoms with Crippen LogP contribution < -0.4 is 9.46 Å². The van der Waals surface area contributed by atoms with Crippen LogP contribution in [0.5, 0.6) is 5.75 Å². The molecular weight excluding hydrogens is 573 g/mol. The summed E-state index contributed by atoms with van der Waals surface area (Å²) in [5, 5.41) is 7.82. The fourth-order valence-electron chi connectivity index (χ4n) is 6.31. The van der Waals surface area contributed by atoms with E-state index in [9.17, 15) is 44.3 Å².